The molecular weight excluding hydrogens is 420 g/mol. The van der Waals surface area contributed by atoms with Gasteiger partial charge >= 0.3 is 0 Å². The third-order valence-electron chi connectivity index (χ3n) is 4.36. The first-order valence-electron chi connectivity index (χ1n) is 8.71. The Hall–Kier alpha value is -1.94. The van der Waals surface area contributed by atoms with E-state index in [4.69, 9.17) is 11.6 Å². The van der Waals surface area contributed by atoms with E-state index in [0.717, 1.165) is 21.5 Å². The highest BCUT2D eigenvalue weighted by atomic mass is 35.5. The normalized spacial score (nSPS) is 16.1. The van der Waals surface area contributed by atoms with E-state index < -0.39 is 10.0 Å². The van der Waals surface area contributed by atoms with E-state index in [1.54, 1.807) is 29.4 Å². The van der Waals surface area contributed by atoms with Crippen LogP contribution in [0.3, 0.4) is 0 Å². The standard InChI is InChI=1S/C18H21ClN4O3S2/c1-14-12-20-6-4-16(14)21-7-8-22-9-10-23(13-18(22)24)28(25,26)11-5-15-2-3-17(19)27-15/h2-6,11-12H,7-10,13H2,1H3,(H,20,21)/b11-5+. The summed E-state index contributed by atoms with van der Waals surface area (Å²) < 4.78 is 26.8. The average Bonchev–Trinajstić information content (AvgIpc) is 3.08. The van der Waals surface area contributed by atoms with Crippen molar-refractivity contribution in [2.24, 2.45) is 0 Å². The molecule has 28 heavy (non-hydrogen) atoms. The lowest BCUT2D eigenvalue weighted by molar-refractivity contribution is -0.133. The quantitative estimate of drug-likeness (QED) is 0.715. The summed E-state index contributed by atoms with van der Waals surface area (Å²) in [5.41, 5.74) is 2.01. The second-order valence-corrected chi connectivity index (χ2v) is 9.89. The van der Waals surface area contributed by atoms with Gasteiger partial charge in [0, 0.05) is 54.5 Å². The summed E-state index contributed by atoms with van der Waals surface area (Å²) in [4.78, 5) is 18.8. The smallest absolute Gasteiger partial charge is 0.238 e. The molecule has 2 aromatic rings. The molecular formula is C18H21ClN4O3S2. The molecule has 0 bridgehead atoms. The van der Waals surface area contributed by atoms with Crippen LogP contribution in [0.1, 0.15) is 10.4 Å². The lowest BCUT2D eigenvalue weighted by Gasteiger charge is -2.33. The maximum absolute atomic E-state index is 12.5. The first kappa shape index (κ1) is 20.8. The number of hydrogen-bond donors (Lipinski definition) is 1. The van der Waals surface area contributed by atoms with Gasteiger partial charge in [0.05, 0.1) is 10.9 Å². The van der Waals surface area contributed by atoms with Gasteiger partial charge in [0.1, 0.15) is 0 Å². The average molecular weight is 441 g/mol. The highest BCUT2D eigenvalue weighted by Gasteiger charge is 2.30. The number of aromatic nitrogens is 1. The van der Waals surface area contributed by atoms with Crippen LogP contribution in [0.15, 0.2) is 36.0 Å². The van der Waals surface area contributed by atoms with Gasteiger partial charge in [0.15, 0.2) is 0 Å². The number of aryl methyl sites for hydroxylation is 1. The number of halogens is 1. The fraction of sp³-hybridized carbons (Fsp3) is 0.333. The molecule has 1 aliphatic heterocycles. The Morgan fingerprint density at radius 1 is 1.32 bits per heavy atom. The number of pyridine rings is 1. The van der Waals surface area contributed by atoms with Crippen molar-refractivity contribution in [3.05, 3.63) is 50.8 Å². The van der Waals surface area contributed by atoms with Gasteiger partial charge in [0.2, 0.25) is 15.9 Å². The van der Waals surface area contributed by atoms with Crippen molar-refractivity contribution < 1.29 is 13.2 Å². The number of rotatable bonds is 7. The minimum absolute atomic E-state index is 0.147. The van der Waals surface area contributed by atoms with Crippen LogP contribution in [0.4, 0.5) is 5.69 Å². The number of nitrogens with zero attached hydrogens (tertiary/aromatic N) is 3. The van der Waals surface area contributed by atoms with E-state index in [-0.39, 0.29) is 19.0 Å². The van der Waals surface area contributed by atoms with Crippen LogP contribution in [0.2, 0.25) is 4.34 Å². The molecule has 0 saturated carbocycles. The molecule has 0 radical (unpaired) electrons. The number of thiophene rings is 1. The van der Waals surface area contributed by atoms with Gasteiger partial charge in [-0.1, -0.05) is 11.6 Å². The Bertz CT molecular complexity index is 975. The fourth-order valence-corrected chi connectivity index (χ4v) is 4.96. The first-order chi connectivity index (χ1) is 13.3. The van der Waals surface area contributed by atoms with Crippen molar-refractivity contribution >= 4 is 50.6 Å². The van der Waals surface area contributed by atoms with Crippen LogP contribution in [0.25, 0.3) is 6.08 Å². The summed E-state index contributed by atoms with van der Waals surface area (Å²) in [5, 5.41) is 4.41. The zero-order chi connectivity index (χ0) is 20.1. The first-order valence-corrected chi connectivity index (χ1v) is 11.4. The van der Waals surface area contributed by atoms with Gasteiger partial charge in [-0.05, 0) is 36.8 Å². The number of carbonyl (C=O) groups excluding carboxylic acids is 1. The van der Waals surface area contributed by atoms with Crippen LogP contribution in [0, 0.1) is 6.92 Å². The molecule has 1 fully saturated rings. The van der Waals surface area contributed by atoms with Crippen molar-refractivity contribution in [1.82, 2.24) is 14.2 Å². The molecule has 1 saturated heterocycles. The molecule has 0 spiro atoms. The molecule has 1 amide bonds. The molecule has 1 aliphatic rings. The van der Waals surface area contributed by atoms with Gasteiger partial charge in [-0.3, -0.25) is 9.78 Å². The van der Waals surface area contributed by atoms with Crippen molar-refractivity contribution in [1.29, 1.82) is 0 Å². The van der Waals surface area contributed by atoms with E-state index in [1.807, 2.05) is 13.0 Å². The second kappa shape index (κ2) is 9.04. The topological polar surface area (TPSA) is 82.6 Å². The van der Waals surface area contributed by atoms with Gasteiger partial charge in [-0.15, -0.1) is 11.3 Å². The van der Waals surface area contributed by atoms with Crippen LogP contribution < -0.4 is 5.32 Å². The van der Waals surface area contributed by atoms with Crippen molar-refractivity contribution in [3.8, 4) is 0 Å². The maximum atomic E-state index is 12.5. The lowest BCUT2D eigenvalue weighted by Crippen LogP contribution is -2.52. The van der Waals surface area contributed by atoms with E-state index in [1.165, 1.54) is 21.7 Å². The van der Waals surface area contributed by atoms with E-state index in [9.17, 15) is 13.2 Å². The summed E-state index contributed by atoms with van der Waals surface area (Å²) in [6.07, 6.45) is 4.99. The second-order valence-electron chi connectivity index (χ2n) is 6.32. The molecule has 3 rings (SSSR count). The number of sulfonamides is 1. The number of carbonyl (C=O) groups is 1. The Kier molecular flexibility index (Phi) is 6.71. The molecule has 0 aliphatic carbocycles. The monoisotopic (exact) mass is 440 g/mol. The molecule has 7 nitrogen and oxygen atoms in total. The van der Waals surface area contributed by atoms with Crippen molar-refractivity contribution in [3.63, 3.8) is 0 Å². The molecule has 1 N–H and O–H groups in total. The molecule has 150 valence electrons. The third kappa shape index (κ3) is 5.32. The zero-order valence-corrected chi connectivity index (χ0v) is 17.7. The number of amides is 1. The van der Waals surface area contributed by atoms with Crippen LogP contribution in [-0.4, -0.2) is 61.2 Å². The Morgan fingerprint density at radius 3 is 2.82 bits per heavy atom. The number of nitrogens with one attached hydrogen (secondary N) is 1. The van der Waals surface area contributed by atoms with Gasteiger partial charge in [-0.2, -0.15) is 4.31 Å². The van der Waals surface area contributed by atoms with Crippen LogP contribution in [-0.2, 0) is 14.8 Å². The number of hydrogen-bond acceptors (Lipinski definition) is 6. The Labute approximate surface area is 173 Å². The molecule has 10 heteroatoms. The number of anilines is 1. The summed E-state index contributed by atoms with van der Waals surface area (Å²) in [6, 6.07) is 5.34. The van der Waals surface area contributed by atoms with E-state index >= 15 is 0 Å². The minimum Gasteiger partial charge on any atom is -0.383 e. The predicted octanol–water partition coefficient (Wildman–Crippen LogP) is 2.66. The molecule has 3 heterocycles. The lowest BCUT2D eigenvalue weighted by atomic mass is 10.2. The SMILES string of the molecule is Cc1cnccc1NCCN1CCN(S(=O)(=O)/C=C/c2ccc(Cl)s2)CC1=O. The summed E-state index contributed by atoms with van der Waals surface area (Å²) in [5.74, 6) is -0.198. The molecule has 0 aromatic carbocycles. The largest absolute Gasteiger partial charge is 0.383 e. The van der Waals surface area contributed by atoms with Gasteiger partial charge < -0.3 is 10.2 Å². The minimum atomic E-state index is -3.65. The number of piperazine rings is 1. The third-order valence-corrected chi connectivity index (χ3v) is 7.07. The highest BCUT2D eigenvalue weighted by molar-refractivity contribution is 7.92. The molecule has 0 atom stereocenters. The van der Waals surface area contributed by atoms with Crippen molar-refractivity contribution in [2.45, 2.75) is 6.92 Å². The molecule has 2 aromatic heterocycles. The van der Waals surface area contributed by atoms with E-state index in [0.29, 0.717) is 24.0 Å². The maximum Gasteiger partial charge on any atom is 0.238 e. The van der Waals surface area contributed by atoms with Gasteiger partial charge in [-0.25, -0.2) is 8.42 Å². The van der Waals surface area contributed by atoms with Crippen molar-refractivity contribution in [2.75, 3.05) is 38.0 Å². The summed E-state index contributed by atoms with van der Waals surface area (Å²) in [7, 11) is -3.65. The Balaban J connectivity index is 1.52. The molecule has 0 unspecified atom stereocenters. The zero-order valence-electron chi connectivity index (χ0n) is 15.3. The van der Waals surface area contributed by atoms with Gasteiger partial charge in [0.25, 0.3) is 0 Å². The highest BCUT2D eigenvalue weighted by Crippen LogP contribution is 2.23. The van der Waals surface area contributed by atoms with E-state index in [2.05, 4.69) is 10.3 Å². The summed E-state index contributed by atoms with van der Waals surface area (Å²) in [6.45, 7) is 3.56. The predicted molar refractivity (Wildman–Crippen MR) is 113 cm³/mol. The summed E-state index contributed by atoms with van der Waals surface area (Å²) >= 11 is 7.14. The van der Waals surface area contributed by atoms with Crippen LogP contribution in [0.5, 0.6) is 0 Å². The Morgan fingerprint density at radius 2 is 2.14 bits per heavy atom. The van der Waals surface area contributed by atoms with Crippen LogP contribution >= 0.6 is 22.9 Å². The fourth-order valence-electron chi connectivity index (χ4n) is 2.79.